The number of nitro benzene ring substituents is 1. The topological polar surface area (TPSA) is 90.1 Å². The molecule has 2 rings (SSSR count). The predicted molar refractivity (Wildman–Crippen MR) is 64.8 cm³/mol. The summed E-state index contributed by atoms with van der Waals surface area (Å²) in [5, 5.41) is 13.5. The van der Waals surface area contributed by atoms with E-state index in [0.29, 0.717) is 5.02 Å². The van der Waals surface area contributed by atoms with Gasteiger partial charge in [-0.3, -0.25) is 14.7 Å². The Labute approximate surface area is 106 Å². The Morgan fingerprint density at radius 2 is 2.28 bits per heavy atom. The van der Waals surface area contributed by atoms with Gasteiger partial charge in [-0.05, 0) is 12.1 Å². The zero-order chi connectivity index (χ0) is 13.1. The highest BCUT2D eigenvalue weighted by molar-refractivity contribution is 6.31. The van der Waals surface area contributed by atoms with Crippen LogP contribution in [0.3, 0.4) is 0 Å². The van der Waals surface area contributed by atoms with Gasteiger partial charge in [-0.25, -0.2) is 9.78 Å². The van der Waals surface area contributed by atoms with E-state index in [2.05, 4.69) is 10.3 Å². The maximum Gasteiger partial charge on any atom is 0.331 e. The van der Waals surface area contributed by atoms with Crippen LogP contribution >= 0.6 is 11.6 Å². The first-order valence-electron chi connectivity index (χ1n) is 4.81. The van der Waals surface area contributed by atoms with E-state index in [0.717, 1.165) is 4.57 Å². The number of carbonyl (C=O) groups is 1. The lowest BCUT2D eigenvalue weighted by Gasteiger charge is -2.06. The molecule has 2 aromatic rings. The van der Waals surface area contributed by atoms with E-state index in [-0.39, 0.29) is 11.4 Å². The minimum Gasteiger partial charge on any atom is -0.301 e. The van der Waals surface area contributed by atoms with Gasteiger partial charge in [-0.15, -0.1) is 0 Å². The first-order valence-corrected chi connectivity index (χ1v) is 5.19. The second-order valence-electron chi connectivity index (χ2n) is 3.32. The number of nitro groups is 1. The van der Waals surface area contributed by atoms with Crippen molar-refractivity contribution in [3.63, 3.8) is 0 Å². The highest BCUT2D eigenvalue weighted by atomic mass is 35.5. The largest absolute Gasteiger partial charge is 0.331 e. The summed E-state index contributed by atoms with van der Waals surface area (Å²) in [5.74, 6) is 0. The standard InChI is InChI=1S/C10H7ClN4O3/c11-7-1-2-9(15(17)18)8(5-7)13-10(16)14-4-3-12-6-14/h1-6H,(H,13,16). The van der Waals surface area contributed by atoms with Crippen LogP contribution in [0.15, 0.2) is 36.9 Å². The van der Waals surface area contributed by atoms with E-state index in [1.165, 1.54) is 36.9 Å². The summed E-state index contributed by atoms with van der Waals surface area (Å²) in [6, 6.07) is 3.37. The second-order valence-corrected chi connectivity index (χ2v) is 3.76. The third-order valence-corrected chi connectivity index (χ3v) is 2.37. The molecule has 0 saturated carbocycles. The van der Waals surface area contributed by atoms with Crippen molar-refractivity contribution in [2.45, 2.75) is 0 Å². The molecule has 1 amide bonds. The van der Waals surface area contributed by atoms with Crippen LogP contribution in [0, 0.1) is 10.1 Å². The smallest absolute Gasteiger partial charge is 0.301 e. The van der Waals surface area contributed by atoms with E-state index in [1.54, 1.807) is 0 Å². The maximum absolute atomic E-state index is 11.7. The SMILES string of the molecule is O=C(Nc1cc(Cl)ccc1[N+](=O)[O-])n1ccnc1. The molecule has 1 heterocycles. The number of hydrogen-bond acceptors (Lipinski definition) is 4. The Kier molecular flexibility index (Phi) is 3.24. The first-order chi connectivity index (χ1) is 8.58. The Morgan fingerprint density at radius 3 is 2.89 bits per heavy atom. The third-order valence-electron chi connectivity index (χ3n) is 2.14. The lowest BCUT2D eigenvalue weighted by molar-refractivity contribution is -0.383. The van der Waals surface area contributed by atoms with Crippen LogP contribution < -0.4 is 5.32 Å². The van der Waals surface area contributed by atoms with E-state index in [4.69, 9.17) is 11.6 Å². The fourth-order valence-electron chi connectivity index (χ4n) is 1.33. The molecule has 0 fully saturated rings. The van der Waals surface area contributed by atoms with Gasteiger partial charge < -0.3 is 5.32 Å². The molecule has 8 heteroatoms. The molecule has 92 valence electrons. The molecular weight excluding hydrogens is 260 g/mol. The molecule has 1 aromatic carbocycles. The molecular formula is C10H7ClN4O3. The molecule has 18 heavy (non-hydrogen) atoms. The van der Waals surface area contributed by atoms with Crippen molar-refractivity contribution in [3.8, 4) is 0 Å². The summed E-state index contributed by atoms with van der Waals surface area (Å²) < 4.78 is 1.16. The molecule has 1 aromatic heterocycles. The van der Waals surface area contributed by atoms with E-state index in [9.17, 15) is 14.9 Å². The molecule has 0 saturated heterocycles. The van der Waals surface area contributed by atoms with Gasteiger partial charge in [0.15, 0.2) is 0 Å². The van der Waals surface area contributed by atoms with Crippen molar-refractivity contribution in [2.24, 2.45) is 0 Å². The van der Waals surface area contributed by atoms with Crippen molar-refractivity contribution in [1.82, 2.24) is 9.55 Å². The molecule has 0 bridgehead atoms. The minimum absolute atomic E-state index is 0.0335. The average Bonchev–Trinajstić information content (AvgIpc) is 2.81. The molecule has 0 spiro atoms. The number of imidazole rings is 1. The number of rotatable bonds is 2. The Morgan fingerprint density at radius 1 is 1.50 bits per heavy atom. The summed E-state index contributed by atoms with van der Waals surface area (Å²) >= 11 is 5.74. The fourth-order valence-corrected chi connectivity index (χ4v) is 1.50. The van der Waals surface area contributed by atoms with E-state index < -0.39 is 11.0 Å². The van der Waals surface area contributed by atoms with Crippen LogP contribution in [0.2, 0.25) is 5.02 Å². The number of hydrogen-bond donors (Lipinski definition) is 1. The predicted octanol–water partition coefficient (Wildman–Crippen LogP) is 2.52. The van der Waals surface area contributed by atoms with Gasteiger partial charge in [0.25, 0.3) is 5.69 Å². The summed E-state index contributed by atoms with van der Waals surface area (Å²) in [6.07, 6.45) is 4.13. The summed E-state index contributed by atoms with van der Waals surface area (Å²) in [6.45, 7) is 0. The van der Waals surface area contributed by atoms with Crippen molar-refractivity contribution in [1.29, 1.82) is 0 Å². The second kappa shape index (κ2) is 4.84. The average molecular weight is 267 g/mol. The van der Waals surface area contributed by atoms with Crippen LogP contribution in [0.1, 0.15) is 0 Å². The Hall–Kier alpha value is -2.41. The van der Waals surface area contributed by atoms with E-state index in [1.807, 2.05) is 0 Å². The van der Waals surface area contributed by atoms with Crippen LogP contribution in [0.25, 0.3) is 0 Å². The lowest BCUT2D eigenvalue weighted by atomic mass is 10.2. The molecule has 1 N–H and O–H groups in total. The van der Waals surface area contributed by atoms with Crippen molar-refractivity contribution < 1.29 is 9.72 Å². The van der Waals surface area contributed by atoms with Gasteiger partial charge in [0, 0.05) is 23.5 Å². The molecule has 7 nitrogen and oxygen atoms in total. The molecule has 0 aliphatic heterocycles. The minimum atomic E-state index is -0.597. The Bertz CT molecular complexity index is 597. The summed E-state index contributed by atoms with van der Waals surface area (Å²) in [5.41, 5.74) is -0.195. The zero-order valence-electron chi connectivity index (χ0n) is 8.91. The van der Waals surface area contributed by atoms with Gasteiger partial charge in [0.1, 0.15) is 12.0 Å². The van der Waals surface area contributed by atoms with Gasteiger partial charge in [-0.1, -0.05) is 11.6 Å². The van der Waals surface area contributed by atoms with E-state index >= 15 is 0 Å². The quantitative estimate of drug-likeness (QED) is 0.668. The number of benzene rings is 1. The van der Waals surface area contributed by atoms with Crippen LogP contribution in [0.5, 0.6) is 0 Å². The highest BCUT2D eigenvalue weighted by Crippen LogP contribution is 2.27. The number of halogens is 1. The van der Waals surface area contributed by atoms with Gasteiger partial charge in [0.05, 0.1) is 4.92 Å². The number of nitrogens with zero attached hydrogens (tertiary/aromatic N) is 3. The zero-order valence-corrected chi connectivity index (χ0v) is 9.66. The Balaban J connectivity index is 2.31. The number of aromatic nitrogens is 2. The monoisotopic (exact) mass is 266 g/mol. The maximum atomic E-state index is 11.7. The molecule has 0 aliphatic carbocycles. The third kappa shape index (κ3) is 2.46. The number of anilines is 1. The molecule has 0 aliphatic rings. The first kappa shape index (κ1) is 12.1. The molecule has 0 radical (unpaired) electrons. The van der Waals surface area contributed by atoms with Crippen LogP contribution in [0.4, 0.5) is 16.2 Å². The summed E-state index contributed by atoms with van der Waals surface area (Å²) in [4.78, 5) is 25.6. The van der Waals surface area contributed by atoms with Gasteiger partial charge >= 0.3 is 6.03 Å². The van der Waals surface area contributed by atoms with Crippen molar-refractivity contribution in [3.05, 3.63) is 52.1 Å². The normalized spacial score (nSPS) is 10.1. The lowest BCUT2D eigenvalue weighted by Crippen LogP contribution is -2.18. The van der Waals surface area contributed by atoms with Crippen LogP contribution in [-0.2, 0) is 0 Å². The van der Waals surface area contributed by atoms with Gasteiger partial charge in [0.2, 0.25) is 0 Å². The molecule has 0 unspecified atom stereocenters. The fraction of sp³-hybridized carbons (Fsp3) is 0. The number of nitrogens with one attached hydrogen (secondary N) is 1. The van der Waals surface area contributed by atoms with Crippen LogP contribution in [-0.4, -0.2) is 20.5 Å². The van der Waals surface area contributed by atoms with Gasteiger partial charge in [-0.2, -0.15) is 0 Å². The number of amides is 1. The molecule has 0 atom stereocenters. The highest BCUT2D eigenvalue weighted by Gasteiger charge is 2.16. The summed E-state index contributed by atoms with van der Waals surface area (Å²) in [7, 11) is 0. The van der Waals surface area contributed by atoms with Crippen molar-refractivity contribution >= 4 is 29.0 Å². The van der Waals surface area contributed by atoms with Crippen molar-refractivity contribution in [2.75, 3.05) is 5.32 Å². The number of carbonyl (C=O) groups excluding carboxylic acids is 1.